The van der Waals surface area contributed by atoms with Crippen molar-refractivity contribution >= 4 is 56.4 Å². The largest absolute Gasteiger partial charge is 0.268 e. The molecule has 0 radical (unpaired) electrons. The fourth-order valence-corrected chi connectivity index (χ4v) is 4.09. The Bertz CT molecular complexity index is 821. The summed E-state index contributed by atoms with van der Waals surface area (Å²) in [4.78, 5) is -0.105. The topological polar surface area (TPSA) is 64.0 Å². The summed E-state index contributed by atoms with van der Waals surface area (Å²) >= 11 is 23.5. The molecule has 2 rings (SSSR count). The lowest BCUT2D eigenvalue weighted by Gasteiger charge is -2.10. The molecule has 10 heteroatoms. The standard InChI is InChI=1S/C13H13Cl4N3O2S/c1-8-12(17)7-18-20(8)4-2-3-19-23(21,22)13-6-10(15)9(14)5-11(13)16/h5-7,19H,2-4H2,1H3. The number of halogens is 4. The van der Waals surface area contributed by atoms with Crippen molar-refractivity contribution in [3.8, 4) is 0 Å². The number of aromatic nitrogens is 2. The Morgan fingerprint density at radius 1 is 1.09 bits per heavy atom. The van der Waals surface area contributed by atoms with E-state index in [4.69, 9.17) is 46.4 Å². The zero-order valence-corrected chi connectivity index (χ0v) is 15.8. The van der Waals surface area contributed by atoms with Gasteiger partial charge in [-0.05, 0) is 25.5 Å². The minimum Gasteiger partial charge on any atom is -0.268 e. The van der Waals surface area contributed by atoms with Gasteiger partial charge in [0.15, 0.2) is 0 Å². The van der Waals surface area contributed by atoms with E-state index in [9.17, 15) is 8.42 Å². The fraction of sp³-hybridized carbons (Fsp3) is 0.308. The molecule has 23 heavy (non-hydrogen) atoms. The van der Waals surface area contributed by atoms with E-state index in [1.165, 1.54) is 12.1 Å². The van der Waals surface area contributed by atoms with E-state index >= 15 is 0 Å². The Labute approximate surface area is 154 Å². The van der Waals surface area contributed by atoms with Gasteiger partial charge < -0.3 is 0 Å². The first-order valence-corrected chi connectivity index (χ1v) is 9.54. The quantitative estimate of drug-likeness (QED) is 0.567. The molecule has 1 aromatic carbocycles. The van der Waals surface area contributed by atoms with E-state index in [-0.39, 0.29) is 26.5 Å². The number of benzene rings is 1. The average Bonchev–Trinajstić information content (AvgIpc) is 2.79. The third kappa shape index (κ3) is 4.53. The summed E-state index contributed by atoms with van der Waals surface area (Å²) in [5.41, 5.74) is 0.835. The summed E-state index contributed by atoms with van der Waals surface area (Å²) in [7, 11) is -3.77. The Kier molecular flexibility index (Phi) is 6.22. The molecule has 1 N–H and O–H groups in total. The molecule has 0 bridgehead atoms. The number of rotatable bonds is 6. The van der Waals surface area contributed by atoms with Gasteiger partial charge in [0.25, 0.3) is 0 Å². The van der Waals surface area contributed by atoms with Crippen LogP contribution in [-0.4, -0.2) is 24.7 Å². The van der Waals surface area contributed by atoms with Gasteiger partial charge in [0.05, 0.1) is 32.0 Å². The number of nitrogens with zero attached hydrogens (tertiary/aromatic N) is 2. The normalized spacial score (nSPS) is 11.9. The molecule has 5 nitrogen and oxygen atoms in total. The third-order valence-electron chi connectivity index (χ3n) is 3.15. The van der Waals surface area contributed by atoms with Gasteiger partial charge in [0.2, 0.25) is 10.0 Å². The van der Waals surface area contributed by atoms with E-state index in [2.05, 4.69) is 9.82 Å². The molecule has 0 aliphatic carbocycles. The zero-order valence-electron chi connectivity index (χ0n) is 12.0. The Hall–Kier alpha value is -0.500. The first-order valence-electron chi connectivity index (χ1n) is 6.54. The molecule has 1 aromatic heterocycles. The van der Waals surface area contributed by atoms with Crippen LogP contribution in [0.3, 0.4) is 0 Å². The first kappa shape index (κ1) is 18.8. The molecule has 2 aromatic rings. The monoisotopic (exact) mass is 415 g/mol. The molecule has 1 heterocycles. The molecule has 0 spiro atoms. The zero-order chi connectivity index (χ0) is 17.2. The molecule has 126 valence electrons. The lowest BCUT2D eigenvalue weighted by atomic mass is 10.4. The second-order valence-electron chi connectivity index (χ2n) is 4.75. The van der Waals surface area contributed by atoms with Crippen molar-refractivity contribution in [1.29, 1.82) is 0 Å². The van der Waals surface area contributed by atoms with Gasteiger partial charge in [-0.15, -0.1) is 0 Å². The van der Waals surface area contributed by atoms with Crippen molar-refractivity contribution in [1.82, 2.24) is 14.5 Å². The van der Waals surface area contributed by atoms with Crippen LogP contribution in [0.5, 0.6) is 0 Å². The smallest absolute Gasteiger partial charge is 0.242 e. The van der Waals surface area contributed by atoms with E-state index in [1.807, 2.05) is 6.92 Å². The molecule has 0 saturated heterocycles. The molecular formula is C13H13Cl4N3O2S. The van der Waals surface area contributed by atoms with Gasteiger partial charge in [-0.1, -0.05) is 46.4 Å². The summed E-state index contributed by atoms with van der Waals surface area (Å²) < 4.78 is 28.7. The Morgan fingerprint density at radius 3 is 2.35 bits per heavy atom. The van der Waals surface area contributed by atoms with Crippen molar-refractivity contribution in [3.05, 3.63) is 44.1 Å². The third-order valence-corrected chi connectivity index (χ3v) is 6.17. The number of hydrogen-bond donors (Lipinski definition) is 1. The van der Waals surface area contributed by atoms with E-state index in [0.717, 1.165) is 5.69 Å². The maximum absolute atomic E-state index is 12.3. The molecule has 0 fully saturated rings. The fourth-order valence-electron chi connectivity index (χ4n) is 1.87. The lowest BCUT2D eigenvalue weighted by Crippen LogP contribution is -2.26. The minimum atomic E-state index is -3.77. The van der Waals surface area contributed by atoms with Crippen LogP contribution >= 0.6 is 46.4 Å². The van der Waals surface area contributed by atoms with Crippen molar-refractivity contribution in [2.75, 3.05) is 6.54 Å². The van der Waals surface area contributed by atoms with Gasteiger partial charge in [-0.25, -0.2) is 13.1 Å². The summed E-state index contributed by atoms with van der Waals surface area (Å²) in [6, 6.07) is 2.53. The maximum atomic E-state index is 12.3. The number of sulfonamides is 1. The molecule has 0 amide bonds. The van der Waals surface area contributed by atoms with Gasteiger partial charge in [0, 0.05) is 13.1 Å². The van der Waals surface area contributed by atoms with Crippen LogP contribution in [0.4, 0.5) is 0 Å². The Morgan fingerprint density at radius 2 is 1.74 bits per heavy atom. The van der Waals surface area contributed by atoms with Crippen molar-refractivity contribution in [2.24, 2.45) is 0 Å². The molecule has 0 atom stereocenters. The van der Waals surface area contributed by atoms with E-state index in [0.29, 0.717) is 18.0 Å². The highest BCUT2D eigenvalue weighted by Gasteiger charge is 2.19. The number of aryl methyl sites for hydroxylation is 1. The second-order valence-corrected chi connectivity index (χ2v) is 8.11. The van der Waals surface area contributed by atoms with Crippen LogP contribution in [0, 0.1) is 6.92 Å². The van der Waals surface area contributed by atoms with Crippen LogP contribution in [-0.2, 0) is 16.6 Å². The Balaban J connectivity index is 1.99. The van der Waals surface area contributed by atoms with Crippen LogP contribution in [0.2, 0.25) is 20.1 Å². The molecule has 0 aliphatic rings. The van der Waals surface area contributed by atoms with Crippen molar-refractivity contribution in [2.45, 2.75) is 24.8 Å². The number of hydrogen-bond acceptors (Lipinski definition) is 3. The van der Waals surface area contributed by atoms with Gasteiger partial charge in [0.1, 0.15) is 4.90 Å². The highest BCUT2D eigenvalue weighted by atomic mass is 35.5. The van der Waals surface area contributed by atoms with Crippen molar-refractivity contribution in [3.63, 3.8) is 0 Å². The molecule has 0 aliphatic heterocycles. The summed E-state index contributed by atoms with van der Waals surface area (Å²) in [5, 5.41) is 5.01. The minimum absolute atomic E-state index is 0.0154. The summed E-state index contributed by atoms with van der Waals surface area (Å²) in [6.07, 6.45) is 2.09. The van der Waals surface area contributed by atoms with Crippen LogP contribution in [0.1, 0.15) is 12.1 Å². The lowest BCUT2D eigenvalue weighted by molar-refractivity contribution is 0.546. The summed E-state index contributed by atoms with van der Waals surface area (Å²) in [6.45, 7) is 2.60. The molecular weight excluding hydrogens is 404 g/mol. The SMILES string of the molecule is Cc1c(Cl)cnn1CCCNS(=O)(=O)c1cc(Cl)c(Cl)cc1Cl. The van der Waals surface area contributed by atoms with Crippen LogP contribution in [0.15, 0.2) is 23.2 Å². The highest BCUT2D eigenvalue weighted by Crippen LogP contribution is 2.31. The maximum Gasteiger partial charge on any atom is 0.242 e. The van der Waals surface area contributed by atoms with Crippen LogP contribution < -0.4 is 4.72 Å². The highest BCUT2D eigenvalue weighted by molar-refractivity contribution is 7.89. The van der Waals surface area contributed by atoms with Gasteiger partial charge in [-0.3, -0.25) is 4.68 Å². The van der Waals surface area contributed by atoms with Gasteiger partial charge in [-0.2, -0.15) is 5.10 Å². The first-order chi connectivity index (χ1) is 10.7. The summed E-state index contributed by atoms with van der Waals surface area (Å²) in [5.74, 6) is 0. The average molecular weight is 417 g/mol. The second kappa shape index (κ2) is 7.59. The predicted molar refractivity (Wildman–Crippen MR) is 93.3 cm³/mol. The van der Waals surface area contributed by atoms with Crippen molar-refractivity contribution < 1.29 is 8.42 Å². The van der Waals surface area contributed by atoms with Crippen LogP contribution in [0.25, 0.3) is 0 Å². The van der Waals surface area contributed by atoms with E-state index < -0.39 is 10.0 Å². The molecule has 0 saturated carbocycles. The number of nitrogens with one attached hydrogen (secondary N) is 1. The van der Waals surface area contributed by atoms with E-state index in [1.54, 1.807) is 10.9 Å². The predicted octanol–water partition coefficient (Wildman–Crippen LogP) is 4.17. The van der Waals surface area contributed by atoms with Gasteiger partial charge >= 0.3 is 0 Å². The molecule has 0 unspecified atom stereocenters.